The minimum atomic E-state index is -3.19. The fraction of sp³-hybridized carbons (Fsp3) is 0.650. The molecule has 0 aromatic heterocycles. The lowest BCUT2D eigenvalue weighted by Crippen LogP contribution is -2.44. The lowest BCUT2D eigenvalue weighted by atomic mass is 9.96. The molecular formula is C20H30N2O5S. The summed E-state index contributed by atoms with van der Waals surface area (Å²) in [5.41, 5.74) is 0.999. The molecule has 0 saturated carbocycles. The minimum Gasteiger partial charge on any atom is -0.454 e. The van der Waals surface area contributed by atoms with Crippen molar-refractivity contribution < 1.29 is 22.7 Å². The molecule has 2 aliphatic heterocycles. The number of rotatable bonds is 8. The predicted octanol–water partition coefficient (Wildman–Crippen LogP) is 2.61. The number of hydrogen-bond donors (Lipinski definition) is 0. The molecule has 1 aromatic carbocycles. The molecule has 2 heterocycles. The van der Waals surface area contributed by atoms with E-state index in [1.807, 2.05) is 36.9 Å². The van der Waals surface area contributed by atoms with Crippen LogP contribution in [0.25, 0.3) is 0 Å². The van der Waals surface area contributed by atoms with Crippen molar-refractivity contribution in [3.8, 4) is 11.5 Å². The summed E-state index contributed by atoms with van der Waals surface area (Å²) in [4.78, 5) is 14.8. The van der Waals surface area contributed by atoms with Crippen LogP contribution in [0.3, 0.4) is 0 Å². The molecule has 0 spiro atoms. The van der Waals surface area contributed by atoms with Gasteiger partial charge in [0.25, 0.3) is 0 Å². The second-order valence-corrected chi connectivity index (χ2v) is 9.47. The first-order chi connectivity index (χ1) is 13.4. The third kappa shape index (κ3) is 4.78. The Balaban J connectivity index is 1.57. The van der Waals surface area contributed by atoms with E-state index in [2.05, 4.69) is 0 Å². The van der Waals surface area contributed by atoms with Crippen LogP contribution in [-0.4, -0.2) is 55.7 Å². The maximum atomic E-state index is 13.0. The highest BCUT2D eigenvalue weighted by molar-refractivity contribution is 7.89. The van der Waals surface area contributed by atoms with Crippen LogP contribution in [-0.2, 0) is 21.4 Å². The lowest BCUT2D eigenvalue weighted by Gasteiger charge is -2.33. The molecule has 0 atom stereocenters. The van der Waals surface area contributed by atoms with E-state index in [0.717, 1.165) is 17.7 Å². The molecule has 0 N–H and O–H groups in total. The van der Waals surface area contributed by atoms with Crippen LogP contribution >= 0.6 is 0 Å². The molecular weight excluding hydrogens is 380 g/mol. The Labute approximate surface area is 167 Å². The van der Waals surface area contributed by atoms with E-state index in [4.69, 9.17) is 9.47 Å². The van der Waals surface area contributed by atoms with Crippen LogP contribution in [0, 0.1) is 5.92 Å². The quantitative estimate of drug-likeness (QED) is 0.658. The Bertz CT molecular complexity index is 788. The average molecular weight is 411 g/mol. The van der Waals surface area contributed by atoms with E-state index in [1.165, 1.54) is 0 Å². The number of piperidine rings is 1. The number of unbranched alkanes of at least 4 members (excludes halogenated alkanes) is 1. The maximum absolute atomic E-state index is 13.0. The first kappa shape index (κ1) is 20.9. The highest BCUT2D eigenvalue weighted by Crippen LogP contribution is 2.33. The highest BCUT2D eigenvalue weighted by Gasteiger charge is 2.32. The number of nitrogens with zero attached hydrogens (tertiary/aromatic N) is 2. The number of benzene rings is 1. The van der Waals surface area contributed by atoms with Gasteiger partial charge in [0.15, 0.2) is 11.5 Å². The summed E-state index contributed by atoms with van der Waals surface area (Å²) in [7, 11) is -3.19. The van der Waals surface area contributed by atoms with Gasteiger partial charge in [-0.2, -0.15) is 0 Å². The van der Waals surface area contributed by atoms with Gasteiger partial charge in [0, 0.05) is 32.1 Å². The SMILES string of the molecule is CCCCS(=O)(=O)N1CCC(C(=O)N(CC)Cc2ccc3c(c2)OCO3)CC1. The monoisotopic (exact) mass is 410 g/mol. The molecule has 8 heteroatoms. The van der Waals surface area contributed by atoms with Crippen molar-refractivity contribution in [2.24, 2.45) is 5.92 Å². The zero-order valence-corrected chi connectivity index (χ0v) is 17.5. The molecule has 2 aliphatic rings. The van der Waals surface area contributed by atoms with Gasteiger partial charge in [0.05, 0.1) is 5.75 Å². The van der Waals surface area contributed by atoms with E-state index in [0.29, 0.717) is 51.2 Å². The molecule has 0 radical (unpaired) electrons. The summed E-state index contributed by atoms with van der Waals surface area (Å²) < 4.78 is 37.0. The van der Waals surface area contributed by atoms with Gasteiger partial charge < -0.3 is 14.4 Å². The Morgan fingerprint density at radius 2 is 1.89 bits per heavy atom. The van der Waals surface area contributed by atoms with Crippen LogP contribution in [0.15, 0.2) is 18.2 Å². The fourth-order valence-electron chi connectivity index (χ4n) is 3.70. The zero-order chi connectivity index (χ0) is 20.1. The molecule has 156 valence electrons. The number of ether oxygens (including phenoxy) is 2. The second-order valence-electron chi connectivity index (χ2n) is 7.38. The van der Waals surface area contributed by atoms with Gasteiger partial charge in [-0.3, -0.25) is 4.79 Å². The largest absolute Gasteiger partial charge is 0.454 e. The summed E-state index contributed by atoms with van der Waals surface area (Å²) in [6.07, 6.45) is 2.71. The summed E-state index contributed by atoms with van der Waals surface area (Å²) in [6.45, 7) is 6.18. The minimum absolute atomic E-state index is 0.103. The standard InChI is InChI=1S/C20H30N2O5S/c1-3-5-12-28(24,25)22-10-8-17(9-11-22)20(23)21(4-2)14-16-6-7-18-19(13-16)27-15-26-18/h6-7,13,17H,3-5,8-12,14-15H2,1-2H3. The molecule has 28 heavy (non-hydrogen) atoms. The van der Waals surface area contributed by atoms with Gasteiger partial charge >= 0.3 is 0 Å². The number of carbonyl (C=O) groups is 1. The Kier molecular flexibility index (Phi) is 6.82. The van der Waals surface area contributed by atoms with Gasteiger partial charge in [-0.25, -0.2) is 12.7 Å². The number of carbonyl (C=O) groups excluding carboxylic acids is 1. The number of fused-ring (bicyclic) bond motifs is 1. The van der Waals surface area contributed by atoms with Crippen molar-refractivity contribution in [3.05, 3.63) is 23.8 Å². The van der Waals surface area contributed by atoms with Crippen molar-refractivity contribution in [1.82, 2.24) is 9.21 Å². The van der Waals surface area contributed by atoms with Crippen LogP contribution in [0.5, 0.6) is 11.5 Å². The smallest absolute Gasteiger partial charge is 0.231 e. The number of amides is 1. The zero-order valence-electron chi connectivity index (χ0n) is 16.7. The first-order valence-electron chi connectivity index (χ1n) is 10.1. The van der Waals surface area contributed by atoms with Gasteiger partial charge in [0.1, 0.15) is 0 Å². The van der Waals surface area contributed by atoms with Crippen molar-refractivity contribution >= 4 is 15.9 Å². The van der Waals surface area contributed by atoms with Gasteiger partial charge in [0.2, 0.25) is 22.7 Å². The fourth-order valence-corrected chi connectivity index (χ4v) is 5.38. The molecule has 1 amide bonds. The maximum Gasteiger partial charge on any atom is 0.231 e. The molecule has 0 unspecified atom stereocenters. The third-order valence-electron chi connectivity index (χ3n) is 5.46. The van der Waals surface area contributed by atoms with Crippen molar-refractivity contribution in [1.29, 1.82) is 0 Å². The van der Waals surface area contributed by atoms with Crippen LogP contribution in [0.4, 0.5) is 0 Å². The number of sulfonamides is 1. The molecule has 0 bridgehead atoms. The number of hydrogen-bond acceptors (Lipinski definition) is 5. The normalized spacial score (nSPS) is 17.6. The van der Waals surface area contributed by atoms with E-state index in [-0.39, 0.29) is 24.4 Å². The van der Waals surface area contributed by atoms with E-state index >= 15 is 0 Å². The van der Waals surface area contributed by atoms with Crippen molar-refractivity contribution in [3.63, 3.8) is 0 Å². The molecule has 1 aromatic rings. The third-order valence-corrected chi connectivity index (χ3v) is 7.41. The van der Waals surface area contributed by atoms with Gasteiger partial charge in [-0.05, 0) is 43.9 Å². The van der Waals surface area contributed by atoms with E-state index in [1.54, 1.807) is 4.31 Å². The van der Waals surface area contributed by atoms with E-state index < -0.39 is 10.0 Å². The lowest BCUT2D eigenvalue weighted by molar-refractivity contribution is -0.137. The summed E-state index contributed by atoms with van der Waals surface area (Å²) in [6, 6.07) is 5.74. The summed E-state index contributed by atoms with van der Waals surface area (Å²) in [5, 5.41) is 0. The van der Waals surface area contributed by atoms with E-state index in [9.17, 15) is 13.2 Å². The average Bonchev–Trinajstić information content (AvgIpc) is 3.18. The molecule has 7 nitrogen and oxygen atoms in total. The first-order valence-corrected chi connectivity index (χ1v) is 11.7. The van der Waals surface area contributed by atoms with Crippen molar-refractivity contribution in [2.75, 3.05) is 32.2 Å². The topological polar surface area (TPSA) is 76.2 Å². The Hall–Kier alpha value is -1.80. The Morgan fingerprint density at radius 3 is 2.57 bits per heavy atom. The molecule has 0 aliphatic carbocycles. The molecule has 3 rings (SSSR count). The summed E-state index contributed by atoms with van der Waals surface area (Å²) in [5.74, 6) is 1.63. The highest BCUT2D eigenvalue weighted by atomic mass is 32.2. The molecule has 1 saturated heterocycles. The van der Waals surface area contributed by atoms with Gasteiger partial charge in [-0.1, -0.05) is 19.4 Å². The van der Waals surface area contributed by atoms with Crippen LogP contribution in [0.1, 0.15) is 45.1 Å². The molecule has 1 fully saturated rings. The van der Waals surface area contributed by atoms with Crippen LogP contribution in [0.2, 0.25) is 0 Å². The summed E-state index contributed by atoms with van der Waals surface area (Å²) >= 11 is 0. The second kappa shape index (κ2) is 9.13. The van der Waals surface area contributed by atoms with Crippen molar-refractivity contribution in [2.45, 2.75) is 46.1 Å². The van der Waals surface area contributed by atoms with Crippen LogP contribution < -0.4 is 9.47 Å². The Morgan fingerprint density at radius 1 is 1.18 bits per heavy atom. The predicted molar refractivity (Wildman–Crippen MR) is 107 cm³/mol. The van der Waals surface area contributed by atoms with Gasteiger partial charge in [-0.15, -0.1) is 0 Å².